The Bertz CT molecular complexity index is 999. The Morgan fingerprint density at radius 2 is 1.68 bits per heavy atom. The molecule has 166 valence electrons. The second kappa shape index (κ2) is 9.38. The van der Waals surface area contributed by atoms with E-state index in [0.29, 0.717) is 5.75 Å². The Labute approximate surface area is 180 Å². The molecule has 5 N–H and O–H groups in total. The van der Waals surface area contributed by atoms with E-state index in [0.717, 1.165) is 35.7 Å². The summed E-state index contributed by atoms with van der Waals surface area (Å²) in [5, 5.41) is 40.6. The minimum atomic E-state index is -1.48. The first kappa shape index (κ1) is 21.8. The number of fused-ring (bicyclic) bond motifs is 1. The van der Waals surface area contributed by atoms with Crippen LogP contribution in [0.4, 0.5) is 0 Å². The lowest BCUT2D eigenvalue weighted by Crippen LogP contribution is -2.60. The van der Waals surface area contributed by atoms with E-state index in [2.05, 4.69) is 36.2 Å². The third-order valence-electron chi connectivity index (χ3n) is 5.96. The number of aromatic nitrogens is 1. The summed E-state index contributed by atoms with van der Waals surface area (Å²) >= 11 is 0. The first-order valence-electron chi connectivity index (χ1n) is 10.7. The van der Waals surface area contributed by atoms with E-state index < -0.39 is 37.3 Å². The minimum Gasteiger partial charge on any atom is -0.461 e. The van der Waals surface area contributed by atoms with E-state index >= 15 is 0 Å². The minimum absolute atomic E-state index is 0.499. The van der Waals surface area contributed by atoms with Crippen molar-refractivity contribution in [3.63, 3.8) is 0 Å². The van der Waals surface area contributed by atoms with Gasteiger partial charge in [0.15, 0.2) is 0 Å². The Kier molecular flexibility index (Phi) is 6.60. The van der Waals surface area contributed by atoms with Crippen molar-refractivity contribution in [2.75, 3.05) is 6.61 Å². The van der Waals surface area contributed by atoms with Crippen LogP contribution in [0.15, 0.2) is 48.7 Å². The van der Waals surface area contributed by atoms with Gasteiger partial charge in [0.25, 0.3) is 0 Å². The molecule has 1 aromatic heterocycles. The number of aliphatic hydroxyl groups excluding tert-OH is 4. The lowest BCUT2D eigenvalue weighted by molar-refractivity contribution is -0.277. The number of ether oxygens (including phenoxy) is 2. The standard InChI is InChI=1S/C24H29NO6/c1-2-14-6-8-15(9-7-14)10-11-16-12-25-17-4-3-5-18(20(16)17)30-24-23(29)22(28)21(27)19(13-26)31-24/h3-9,12,19,21-29H,2,10-11,13H2,1H3/t19-,21-,22+,23-,24-/m1/s1. The molecule has 1 fully saturated rings. The summed E-state index contributed by atoms with van der Waals surface area (Å²) in [6, 6.07) is 14.1. The van der Waals surface area contributed by atoms with Crippen molar-refractivity contribution >= 4 is 10.9 Å². The van der Waals surface area contributed by atoms with Gasteiger partial charge in [-0.1, -0.05) is 37.3 Å². The molecule has 7 nitrogen and oxygen atoms in total. The summed E-state index contributed by atoms with van der Waals surface area (Å²) in [6.45, 7) is 1.64. The molecule has 0 amide bonds. The predicted molar refractivity (Wildman–Crippen MR) is 116 cm³/mol. The topological polar surface area (TPSA) is 115 Å². The second-order valence-electron chi connectivity index (χ2n) is 7.98. The van der Waals surface area contributed by atoms with Crippen LogP contribution in [0.3, 0.4) is 0 Å². The van der Waals surface area contributed by atoms with Gasteiger partial charge >= 0.3 is 0 Å². The Morgan fingerprint density at radius 1 is 0.935 bits per heavy atom. The van der Waals surface area contributed by atoms with E-state index in [9.17, 15) is 20.4 Å². The fourth-order valence-electron chi connectivity index (χ4n) is 4.03. The molecule has 0 saturated carbocycles. The van der Waals surface area contributed by atoms with E-state index in [1.165, 1.54) is 11.1 Å². The van der Waals surface area contributed by atoms with Crippen LogP contribution >= 0.6 is 0 Å². The Balaban J connectivity index is 1.55. The van der Waals surface area contributed by atoms with Crippen LogP contribution in [0.1, 0.15) is 23.6 Å². The quantitative estimate of drug-likeness (QED) is 0.392. The average molecular weight is 427 g/mol. The van der Waals surface area contributed by atoms with E-state index in [-0.39, 0.29) is 0 Å². The number of rotatable bonds is 7. The predicted octanol–water partition coefficient (Wildman–Crippen LogP) is 1.69. The maximum absolute atomic E-state index is 10.3. The van der Waals surface area contributed by atoms with Crippen LogP contribution in [0.25, 0.3) is 10.9 Å². The van der Waals surface area contributed by atoms with Crippen LogP contribution in [-0.2, 0) is 24.0 Å². The van der Waals surface area contributed by atoms with Crippen molar-refractivity contribution in [1.82, 2.24) is 4.98 Å². The van der Waals surface area contributed by atoms with E-state index in [1.807, 2.05) is 18.3 Å². The van der Waals surface area contributed by atoms with Crippen LogP contribution < -0.4 is 4.74 Å². The van der Waals surface area contributed by atoms with Crippen molar-refractivity contribution < 1.29 is 29.9 Å². The van der Waals surface area contributed by atoms with Gasteiger partial charge in [0.05, 0.1) is 6.61 Å². The molecular formula is C24H29NO6. The van der Waals surface area contributed by atoms with Crippen molar-refractivity contribution in [1.29, 1.82) is 0 Å². The Hall–Kier alpha value is -2.42. The number of aromatic amines is 1. The molecule has 4 rings (SSSR count). The summed E-state index contributed by atoms with van der Waals surface area (Å²) in [7, 11) is 0. The molecule has 5 atom stereocenters. The maximum atomic E-state index is 10.3. The monoisotopic (exact) mass is 427 g/mol. The molecule has 1 aliphatic heterocycles. The molecule has 7 heteroatoms. The molecule has 0 spiro atoms. The highest BCUT2D eigenvalue weighted by Crippen LogP contribution is 2.32. The zero-order valence-corrected chi connectivity index (χ0v) is 17.4. The molecule has 0 radical (unpaired) electrons. The van der Waals surface area contributed by atoms with Crippen LogP contribution in [0.5, 0.6) is 5.75 Å². The van der Waals surface area contributed by atoms with Gasteiger partial charge in [-0.3, -0.25) is 0 Å². The summed E-state index contributed by atoms with van der Waals surface area (Å²) in [5.74, 6) is 0.499. The molecular weight excluding hydrogens is 398 g/mol. The number of aryl methyl sites for hydroxylation is 3. The number of benzene rings is 2. The number of hydrogen-bond donors (Lipinski definition) is 5. The van der Waals surface area contributed by atoms with E-state index in [4.69, 9.17) is 9.47 Å². The van der Waals surface area contributed by atoms with Gasteiger partial charge in [-0.15, -0.1) is 0 Å². The third-order valence-corrected chi connectivity index (χ3v) is 5.96. The van der Waals surface area contributed by atoms with Crippen LogP contribution in [0.2, 0.25) is 0 Å². The smallest absolute Gasteiger partial charge is 0.229 e. The zero-order chi connectivity index (χ0) is 22.0. The Morgan fingerprint density at radius 3 is 2.39 bits per heavy atom. The molecule has 3 aromatic rings. The van der Waals surface area contributed by atoms with Crippen LogP contribution in [0, 0.1) is 0 Å². The van der Waals surface area contributed by atoms with Gasteiger partial charge in [0, 0.05) is 17.1 Å². The first-order valence-corrected chi connectivity index (χ1v) is 10.7. The number of aliphatic hydroxyl groups is 4. The third kappa shape index (κ3) is 4.46. The summed E-state index contributed by atoms with van der Waals surface area (Å²) < 4.78 is 11.4. The largest absolute Gasteiger partial charge is 0.461 e. The molecule has 0 aliphatic carbocycles. The van der Waals surface area contributed by atoms with Crippen LogP contribution in [-0.4, -0.2) is 62.7 Å². The highest BCUT2D eigenvalue weighted by atomic mass is 16.7. The second-order valence-corrected chi connectivity index (χ2v) is 7.98. The summed E-state index contributed by atoms with van der Waals surface area (Å²) in [6.07, 6.45) is -1.96. The van der Waals surface area contributed by atoms with Crippen molar-refractivity contribution in [2.24, 2.45) is 0 Å². The van der Waals surface area contributed by atoms with Gasteiger partial charge in [-0.2, -0.15) is 0 Å². The lowest BCUT2D eigenvalue weighted by atomic mass is 9.99. The van der Waals surface area contributed by atoms with Gasteiger partial charge in [-0.25, -0.2) is 0 Å². The first-order chi connectivity index (χ1) is 15.0. The molecule has 0 unspecified atom stereocenters. The lowest BCUT2D eigenvalue weighted by Gasteiger charge is -2.39. The fourth-order valence-corrected chi connectivity index (χ4v) is 4.03. The van der Waals surface area contributed by atoms with Crippen molar-refractivity contribution in [3.8, 4) is 5.75 Å². The van der Waals surface area contributed by atoms with E-state index in [1.54, 1.807) is 6.07 Å². The molecule has 31 heavy (non-hydrogen) atoms. The van der Waals surface area contributed by atoms with Crippen molar-refractivity contribution in [3.05, 3.63) is 65.4 Å². The number of nitrogens with one attached hydrogen (secondary N) is 1. The maximum Gasteiger partial charge on any atom is 0.229 e. The number of hydrogen-bond acceptors (Lipinski definition) is 6. The van der Waals surface area contributed by atoms with Crippen molar-refractivity contribution in [2.45, 2.75) is 56.9 Å². The zero-order valence-electron chi connectivity index (χ0n) is 17.4. The summed E-state index contributed by atoms with van der Waals surface area (Å²) in [4.78, 5) is 3.25. The number of H-pyrrole nitrogens is 1. The molecule has 1 aliphatic rings. The molecule has 0 bridgehead atoms. The van der Waals surface area contributed by atoms with Gasteiger partial charge in [-0.05, 0) is 48.1 Å². The van der Waals surface area contributed by atoms with Gasteiger partial charge < -0.3 is 34.9 Å². The fraction of sp³-hybridized carbons (Fsp3) is 0.417. The molecule has 2 aromatic carbocycles. The molecule has 2 heterocycles. The molecule has 1 saturated heterocycles. The SMILES string of the molecule is CCc1ccc(CCc2c[nH]c3cccc(O[C@@H]4O[C@H](CO)[C@@H](O)[C@H](O)[C@H]4O)c23)cc1. The summed E-state index contributed by atoms with van der Waals surface area (Å²) in [5.41, 5.74) is 4.51. The average Bonchev–Trinajstić information content (AvgIpc) is 3.22. The van der Waals surface area contributed by atoms with Gasteiger partial charge in [0.1, 0.15) is 30.2 Å². The normalized spacial score (nSPS) is 26.3. The van der Waals surface area contributed by atoms with Gasteiger partial charge in [0.2, 0.25) is 6.29 Å². The highest BCUT2D eigenvalue weighted by molar-refractivity contribution is 5.89. The highest BCUT2D eigenvalue weighted by Gasteiger charge is 2.44.